The van der Waals surface area contributed by atoms with Gasteiger partial charge >= 0.3 is 0 Å². The predicted octanol–water partition coefficient (Wildman–Crippen LogP) is 0.540. The molecule has 0 unspecified atom stereocenters. The normalized spacial score (nSPS) is 17.2. The fourth-order valence-electron chi connectivity index (χ4n) is 2.29. The van der Waals surface area contributed by atoms with E-state index in [4.69, 9.17) is 4.74 Å². The minimum Gasteiger partial charge on any atom is -0.379 e. The monoisotopic (exact) mass is 252 g/mol. The number of ether oxygens (including phenoxy) is 1. The molecule has 0 radical (unpaired) electrons. The van der Waals surface area contributed by atoms with Crippen molar-refractivity contribution in [1.29, 1.82) is 0 Å². The van der Waals surface area contributed by atoms with Crippen LogP contribution in [0.2, 0.25) is 0 Å². The third-order valence-electron chi connectivity index (χ3n) is 3.49. The van der Waals surface area contributed by atoms with E-state index >= 15 is 0 Å². The Kier molecular flexibility index (Phi) is 5.16. The molecule has 1 aromatic rings. The lowest BCUT2D eigenvalue weighted by atomic mass is 10.2. The van der Waals surface area contributed by atoms with E-state index in [9.17, 15) is 0 Å². The van der Waals surface area contributed by atoms with E-state index in [1.165, 1.54) is 24.2 Å². The van der Waals surface area contributed by atoms with Gasteiger partial charge in [0.15, 0.2) is 0 Å². The molecule has 0 atom stereocenters. The van der Waals surface area contributed by atoms with Crippen LogP contribution >= 0.6 is 0 Å². The van der Waals surface area contributed by atoms with Gasteiger partial charge in [-0.1, -0.05) is 0 Å². The Morgan fingerprint density at radius 3 is 2.83 bits per heavy atom. The first-order chi connectivity index (χ1) is 8.77. The van der Waals surface area contributed by atoms with E-state index in [1.807, 2.05) is 17.9 Å². The van der Waals surface area contributed by atoms with Gasteiger partial charge in [0.1, 0.15) is 0 Å². The molecule has 0 saturated carbocycles. The highest BCUT2D eigenvalue weighted by Gasteiger charge is 2.09. The second-order valence-corrected chi connectivity index (χ2v) is 4.88. The molecular formula is C13H24N4O. The summed E-state index contributed by atoms with van der Waals surface area (Å²) in [7, 11) is 2.00. The SMILES string of the molecule is Cc1cnn(C)c1CNCCCN1CCOCC1. The lowest BCUT2D eigenvalue weighted by Gasteiger charge is -2.26. The van der Waals surface area contributed by atoms with Crippen LogP contribution in [0.1, 0.15) is 17.7 Å². The standard InChI is InChI=1S/C13H24N4O/c1-12-10-15-16(2)13(12)11-14-4-3-5-17-6-8-18-9-7-17/h10,14H,3-9,11H2,1-2H3. The first-order valence-corrected chi connectivity index (χ1v) is 6.75. The van der Waals surface area contributed by atoms with E-state index in [0.717, 1.165) is 39.4 Å². The Balaban J connectivity index is 1.58. The summed E-state index contributed by atoms with van der Waals surface area (Å²) in [6.07, 6.45) is 3.11. The van der Waals surface area contributed by atoms with Gasteiger partial charge in [0.05, 0.1) is 25.1 Å². The van der Waals surface area contributed by atoms with Gasteiger partial charge in [-0.3, -0.25) is 9.58 Å². The molecule has 2 heterocycles. The maximum absolute atomic E-state index is 5.34. The third kappa shape index (κ3) is 3.80. The summed E-state index contributed by atoms with van der Waals surface area (Å²) in [4.78, 5) is 2.47. The highest BCUT2D eigenvalue weighted by Crippen LogP contribution is 2.04. The maximum atomic E-state index is 5.34. The van der Waals surface area contributed by atoms with Crippen LogP contribution in [0, 0.1) is 6.92 Å². The molecule has 0 amide bonds. The molecule has 0 aromatic carbocycles. The highest BCUT2D eigenvalue weighted by atomic mass is 16.5. The van der Waals surface area contributed by atoms with Crippen molar-refractivity contribution in [2.75, 3.05) is 39.4 Å². The van der Waals surface area contributed by atoms with E-state index < -0.39 is 0 Å². The predicted molar refractivity (Wildman–Crippen MR) is 71.5 cm³/mol. The molecule has 1 aliphatic rings. The Morgan fingerprint density at radius 1 is 1.39 bits per heavy atom. The number of aryl methyl sites for hydroxylation is 2. The van der Waals surface area contributed by atoms with Gasteiger partial charge in [-0.15, -0.1) is 0 Å². The highest BCUT2D eigenvalue weighted by molar-refractivity contribution is 5.14. The number of morpholine rings is 1. The van der Waals surface area contributed by atoms with Crippen LogP contribution in [-0.4, -0.2) is 54.1 Å². The zero-order chi connectivity index (χ0) is 12.8. The van der Waals surface area contributed by atoms with Crippen molar-refractivity contribution >= 4 is 0 Å². The molecule has 5 heteroatoms. The van der Waals surface area contributed by atoms with E-state index in [2.05, 4.69) is 22.2 Å². The van der Waals surface area contributed by atoms with Gasteiger partial charge in [-0.2, -0.15) is 5.10 Å². The van der Waals surface area contributed by atoms with Crippen molar-refractivity contribution in [2.24, 2.45) is 7.05 Å². The van der Waals surface area contributed by atoms with Gasteiger partial charge in [-0.05, 0) is 32.0 Å². The molecule has 1 fully saturated rings. The van der Waals surface area contributed by atoms with Gasteiger partial charge in [0.2, 0.25) is 0 Å². The van der Waals surface area contributed by atoms with Gasteiger partial charge in [0, 0.05) is 26.7 Å². The number of hydrogen-bond donors (Lipinski definition) is 1. The van der Waals surface area contributed by atoms with Crippen LogP contribution in [-0.2, 0) is 18.3 Å². The first kappa shape index (κ1) is 13.5. The van der Waals surface area contributed by atoms with Gasteiger partial charge < -0.3 is 10.1 Å². The topological polar surface area (TPSA) is 42.3 Å². The van der Waals surface area contributed by atoms with Crippen molar-refractivity contribution in [3.05, 3.63) is 17.5 Å². The van der Waals surface area contributed by atoms with E-state index in [0.29, 0.717) is 0 Å². The number of nitrogens with one attached hydrogen (secondary N) is 1. The van der Waals surface area contributed by atoms with E-state index in [-0.39, 0.29) is 0 Å². The summed E-state index contributed by atoms with van der Waals surface area (Å²) in [5.74, 6) is 0. The second-order valence-electron chi connectivity index (χ2n) is 4.88. The summed E-state index contributed by atoms with van der Waals surface area (Å²) in [6, 6.07) is 0. The molecule has 2 rings (SSSR count). The summed E-state index contributed by atoms with van der Waals surface area (Å²) >= 11 is 0. The van der Waals surface area contributed by atoms with Crippen molar-refractivity contribution in [3.8, 4) is 0 Å². The smallest absolute Gasteiger partial charge is 0.0594 e. The molecule has 1 saturated heterocycles. The van der Waals surface area contributed by atoms with Crippen molar-refractivity contribution < 1.29 is 4.74 Å². The molecule has 18 heavy (non-hydrogen) atoms. The molecule has 0 bridgehead atoms. The minimum absolute atomic E-state index is 0.891. The lowest BCUT2D eigenvalue weighted by molar-refractivity contribution is 0.0374. The summed E-state index contributed by atoms with van der Waals surface area (Å²) < 4.78 is 7.28. The molecule has 102 valence electrons. The van der Waals surface area contributed by atoms with Crippen molar-refractivity contribution in [1.82, 2.24) is 20.0 Å². The zero-order valence-corrected chi connectivity index (χ0v) is 11.5. The van der Waals surface area contributed by atoms with Crippen molar-refractivity contribution in [2.45, 2.75) is 19.9 Å². The third-order valence-corrected chi connectivity index (χ3v) is 3.49. The molecule has 5 nitrogen and oxygen atoms in total. The second kappa shape index (κ2) is 6.87. The summed E-state index contributed by atoms with van der Waals surface area (Å²) in [5, 5.41) is 7.73. The van der Waals surface area contributed by atoms with Crippen LogP contribution in [0.15, 0.2) is 6.20 Å². The average molecular weight is 252 g/mol. The molecule has 1 N–H and O–H groups in total. The lowest BCUT2D eigenvalue weighted by Crippen LogP contribution is -2.37. The molecule has 0 spiro atoms. The number of nitrogens with zero attached hydrogens (tertiary/aromatic N) is 3. The molecule has 1 aliphatic heterocycles. The summed E-state index contributed by atoms with van der Waals surface area (Å²) in [6.45, 7) is 9.19. The number of aromatic nitrogens is 2. The van der Waals surface area contributed by atoms with Crippen LogP contribution in [0.3, 0.4) is 0 Å². The fraction of sp³-hybridized carbons (Fsp3) is 0.769. The largest absolute Gasteiger partial charge is 0.379 e. The Labute approximate surface area is 109 Å². The number of hydrogen-bond acceptors (Lipinski definition) is 4. The maximum Gasteiger partial charge on any atom is 0.0594 e. The van der Waals surface area contributed by atoms with Gasteiger partial charge in [-0.25, -0.2) is 0 Å². The molecular weight excluding hydrogens is 228 g/mol. The quantitative estimate of drug-likeness (QED) is 0.751. The Morgan fingerprint density at radius 2 is 2.17 bits per heavy atom. The van der Waals surface area contributed by atoms with Crippen LogP contribution in [0.5, 0.6) is 0 Å². The number of rotatable bonds is 6. The molecule has 0 aliphatic carbocycles. The van der Waals surface area contributed by atoms with Crippen LogP contribution in [0.4, 0.5) is 0 Å². The molecule has 1 aromatic heterocycles. The van der Waals surface area contributed by atoms with Crippen LogP contribution in [0.25, 0.3) is 0 Å². The fourth-order valence-corrected chi connectivity index (χ4v) is 2.29. The minimum atomic E-state index is 0.891. The Bertz CT molecular complexity index is 338. The van der Waals surface area contributed by atoms with E-state index in [1.54, 1.807) is 0 Å². The average Bonchev–Trinajstić information content (AvgIpc) is 2.71. The van der Waals surface area contributed by atoms with Crippen LogP contribution < -0.4 is 5.32 Å². The summed E-state index contributed by atoms with van der Waals surface area (Å²) in [5.41, 5.74) is 2.54. The Hall–Kier alpha value is -0.910. The van der Waals surface area contributed by atoms with Gasteiger partial charge in [0.25, 0.3) is 0 Å². The van der Waals surface area contributed by atoms with Crippen molar-refractivity contribution in [3.63, 3.8) is 0 Å². The first-order valence-electron chi connectivity index (χ1n) is 6.75. The zero-order valence-electron chi connectivity index (χ0n) is 11.5.